The quantitative estimate of drug-likeness (QED) is 0.919. The monoisotopic (exact) mass is 297 g/mol. The normalized spacial score (nSPS) is 13.9. The smallest absolute Gasteiger partial charge is 0.321 e. The molecule has 0 aromatic carbocycles. The average Bonchev–Trinajstić information content (AvgIpc) is 2.57. The summed E-state index contributed by atoms with van der Waals surface area (Å²) in [7, 11) is -2.57. The van der Waals surface area contributed by atoms with Gasteiger partial charge >= 0.3 is 5.97 Å². The van der Waals surface area contributed by atoms with Crippen molar-refractivity contribution in [3.63, 3.8) is 0 Å². The minimum atomic E-state index is -3.80. The Bertz CT molecular complexity index is 518. The molecule has 0 saturated heterocycles. The summed E-state index contributed by atoms with van der Waals surface area (Å²) in [5, 5.41) is 8.79. The molecule has 0 radical (unpaired) electrons. The molecule has 0 fully saturated rings. The number of aryl methyl sites for hydroxylation is 1. The van der Waals surface area contributed by atoms with Crippen LogP contribution in [0, 0.1) is 6.92 Å². The summed E-state index contributed by atoms with van der Waals surface area (Å²) in [5.74, 6) is -1.20. The minimum absolute atomic E-state index is 0.0515. The first-order valence-electron chi connectivity index (χ1n) is 4.64. The van der Waals surface area contributed by atoms with Gasteiger partial charge in [-0.3, -0.25) is 4.79 Å². The fourth-order valence-corrected chi connectivity index (χ4v) is 4.28. The van der Waals surface area contributed by atoms with E-state index in [4.69, 9.17) is 16.7 Å². The summed E-state index contributed by atoms with van der Waals surface area (Å²) in [6, 6.07) is 0.314. The van der Waals surface area contributed by atoms with Crippen molar-refractivity contribution in [3.8, 4) is 0 Å². The number of carboxylic acids is 1. The zero-order valence-electron chi connectivity index (χ0n) is 9.47. The van der Waals surface area contributed by atoms with Crippen LogP contribution in [0.15, 0.2) is 10.3 Å². The molecule has 0 spiro atoms. The third kappa shape index (κ3) is 2.79. The summed E-state index contributed by atoms with van der Waals surface area (Å²) >= 11 is 6.72. The molecule has 0 aliphatic rings. The molecule has 1 unspecified atom stereocenters. The van der Waals surface area contributed by atoms with Gasteiger partial charge in [0.25, 0.3) is 10.0 Å². The molecular formula is C9H12ClNO4S2. The Labute approximate surface area is 109 Å². The summed E-state index contributed by atoms with van der Waals surface area (Å²) in [4.78, 5) is 10.8. The van der Waals surface area contributed by atoms with Gasteiger partial charge in [-0.1, -0.05) is 11.6 Å². The van der Waals surface area contributed by atoms with Crippen molar-refractivity contribution in [2.75, 3.05) is 7.05 Å². The Morgan fingerprint density at radius 3 is 2.47 bits per heavy atom. The van der Waals surface area contributed by atoms with E-state index in [0.29, 0.717) is 9.90 Å². The van der Waals surface area contributed by atoms with Crippen molar-refractivity contribution in [3.05, 3.63) is 16.0 Å². The number of carboxylic acid groups (broad SMARTS) is 1. The van der Waals surface area contributed by atoms with E-state index in [1.54, 1.807) is 6.92 Å². The summed E-state index contributed by atoms with van der Waals surface area (Å²) in [5.41, 5.74) is 0.659. The largest absolute Gasteiger partial charge is 0.480 e. The standard InChI is InChI=1S/C9H12ClNO4S2/c1-5-4-7(16-8(5)10)17(14,15)11(3)6(2)9(12)13/h4,6H,1-3H3,(H,12,13). The number of thiophene rings is 1. The van der Waals surface area contributed by atoms with Gasteiger partial charge in [0, 0.05) is 7.05 Å². The lowest BCUT2D eigenvalue weighted by molar-refractivity contribution is -0.140. The van der Waals surface area contributed by atoms with E-state index in [1.807, 2.05) is 0 Å². The number of nitrogens with zero attached hydrogens (tertiary/aromatic N) is 1. The molecular weight excluding hydrogens is 286 g/mol. The molecule has 1 aromatic heterocycles. The number of aliphatic carboxylic acids is 1. The predicted octanol–water partition coefficient (Wildman–Crippen LogP) is 1.80. The fraction of sp³-hybridized carbons (Fsp3) is 0.444. The molecule has 1 aromatic rings. The average molecular weight is 298 g/mol. The van der Waals surface area contributed by atoms with Gasteiger partial charge in [-0.15, -0.1) is 11.3 Å². The van der Waals surface area contributed by atoms with Crippen LogP contribution in [0.5, 0.6) is 0 Å². The number of halogens is 1. The van der Waals surface area contributed by atoms with E-state index in [9.17, 15) is 13.2 Å². The van der Waals surface area contributed by atoms with Crippen molar-refractivity contribution in [2.45, 2.75) is 24.1 Å². The van der Waals surface area contributed by atoms with E-state index in [1.165, 1.54) is 20.0 Å². The molecule has 1 N–H and O–H groups in total. The molecule has 0 aliphatic heterocycles. The van der Waals surface area contributed by atoms with Crippen molar-refractivity contribution in [2.24, 2.45) is 0 Å². The second-order valence-corrected chi connectivity index (χ2v) is 7.44. The highest BCUT2D eigenvalue weighted by Gasteiger charge is 2.31. The highest BCUT2D eigenvalue weighted by molar-refractivity contribution is 7.91. The van der Waals surface area contributed by atoms with Gasteiger partial charge in [-0.05, 0) is 25.5 Å². The molecule has 96 valence electrons. The molecule has 0 bridgehead atoms. The molecule has 0 saturated carbocycles. The van der Waals surface area contributed by atoms with Gasteiger partial charge in [0.05, 0.1) is 4.34 Å². The lowest BCUT2D eigenvalue weighted by Gasteiger charge is -2.19. The van der Waals surface area contributed by atoms with Gasteiger partial charge in [-0.2, -0.15) is 4.31 Å². The van der Waals surface area contributed by atoms with E-state index < -0.39 is 22.0 Å². The van der Waals surface area contributed by atoms with Crippen molar-refractivity contribution in [1.82, 2.24) is 4.31 Å². The third-order valence-corrected chi connectivity index (χ3v) is 6.30. The first-order chi connectivity index (χ1) is 7.67. The SMILES string of the molecule is Cc1cc(S(=O)(=O)N(C)C(C)C(=O)O)sc1Cl. The van der Waals surface area contributed by atoms with Gasteiger partial charge in [-0.25, -0.2) is 8.42 Å². The zero-order valence-corrected chi connectivity index (χ0v) is 11.9. The maximum absolute atomic E-state index is 12.1. The first kappa shape index (κ1) is 14.4. The molecule has 5 nitrogen and oxygen atoms in total. The molecule has 8 heteroatoms. The Morgan fingerprint density at radius 1 is 1.59 bits per heavy atom. The van der Waals surface area contributed by atoms with Crippen LogP contribution in [0.1, 0.15) is 12.5 Å². The van der Waals surface area contributed by atoms with Crippen LogP contribution >= 0.6 is 22.9 Å². The lowest BCUT2D eigenvalue weighted by Crippen LogP contribution is -2.39. The third-order valence-electron chi connectivity index (χ3n) is 2.37. The number of rotatable bonds is 4. The van der Waals surface area contributed by atoms with Crippen LogP contribution < -0.4 is 0 Å². The maximum atomic E-state index is 12.1. The Kier molecular flexibility index (Phi) is 4.19. The predicted molar refractivity (Wildman–Crippen MR) is 66.1 cm³/mol. The van der Waals surface area contributed by atoms with Crippen LogP contribution in [-0.2, 0) is 14.8 Å². The highest BCUT2D eigenvalue weighted by Crippen LogP contribution is 2.32. The van der Waals surface area contributed by atoms with Gasteiger partial charge < -0.3 is 5.11 Å². The Hall–Kier alpha value is -0.630. The molecule has 1 heterocycles. The van der Waals surface area contributed by atoms with Crippen molar-refractivity contribution < 1.29 is 18.3 Å². The van der Waals surface area contributed by atoms with E-state index in [-0.39, 0.29) is 4.21 Å². The number of likely N-dealkylation sites (N-methyl/N-ethyl adjacent to an activating group) is 1. The number of hydrogen-bond donors (Lipinski definition) is 1. The van der Waals surface area contributed by atoms with Crippen LogP contribution in [0.3, 0.4) is 0 Å². The fourth-order valence-electron chi connectivity index (χ4n) is 1.06. The van der Waals surface area contributed by atoms with Crippen molar-refractivity contribution >= 4 is 38.9 Å². The first-order valence-corrected chi connectivity index (χ1v) is 7.28. The highest BCUT2D eigenvalue weighted by atomic mass is 35.5. The van der Waals surface area contributed by atoms with Gasteiger partial charge in [0.15, 0.2) is 0 Å². The molecule has 17 heavy (non-hydrogen) atoms. The van der Waals surface area contributed by atoms with Crippen LogP contribution in [0.2, 0.25) is 4.34 Å². The summed E-state index contributed by atoms with van der Waals surface area (Å²) in [6.45, 7) is 3.00. The Morgan fingerprint density at radius 2 is 2.12 bits per heavy atom. The number of hydrogen-bond acceptors (Lipinski definition) is 4. The summed E-state index contributed by atoms with van der Waals surface area (Å²) in [6.07, 6.45) is 0. The van der Waals surface area contributed by atoms with Gasteiger partial charge in [0.2, 0.25) is 0 Å². The van der Waals surface area contributed by atoms with Crippen LogP contribution in [0.4, 0.5) is 0 Å². The van der Waals surface area contributed by atoms with Gasteiger partial charge in [0.1, 0.15) is 10.3 Å². The molecule has 1 atom stereocenters. The van der Waals surface area contributed by atoms with E-state index in [0.717, 1.165) is 15.6 Å². The molecule has 0 aliphatic carbocycles. The topological polar surface area (TPSA) is 74.7 Å². The number of sulfonamides is 1. The van der Waals surface area contributed by atoms with Crippen LogP contribution in [0.25, 0.3) is 0 Å². The van der Waals surface area contributed by atoms with E-state index in [2.05, 4.69) is 0 Å². The second kappa shape index (κ2) is 4.93. The van der Waals surface area contributed by atoms with Crippen molar-refractivity contribution in [1.29, 1.82) is 0 Å². The maximum Gasteiger partial charge on any atom is 0.321 e. The molecule has 0 amide bonds. The van der Waals surface area contributed by atoms with Crippen LogP contribution in [-0.4, -0.2) is 36.9 Å². The minimum Gasteiger partial charge on any atom is -0.480 e. The van der Waals surface area contributed by atoms with E-state index >= 15 is 0 Å². The lowest BCUT2D eigenvalue weighted by atomic mass is 10.4. The second-order valence-electron chi connectivity index (χ2n) is 3.56. The summed E-state index contributed by atoms with van der Waals surface area (Å²) < 4.78 is 25.4. The zero-order chi connectivity index (χ0) is 13.4. The molecule has 1 rings (SSSR count). The number of carbonyl (C=O) groups is 1. The Balaban J connectivity index is 3.15.